The Morgan fingerprint density at radius 1 is 1.03 bits per heavy atom. The highest BCUT2D eigenvalue weighted by molar-refractivity contribution is 7.92. The Morgan fingerprint density at radius 2 is 1.76 bits per heavy atom. The minimum absolute atomic E-state index is 0.0145. The van der Waals surface area contributed by atoms with Crippen molar-refractivity contribution in [1.82, 2.24) is 4.31 Å². The molecule has 0 radical (unpaired) electrons. The lowest BCUT2D eigenvalue weighted by atomic mass is 10.2. The number of nitrogens with one attached hydrogen (secondary N) is 1. The molecule has 7 nitrogen and oxygen atoms in total. The molecule has 0 bridgehead atoms. The first kappa shape index (κ1) is 21.9. The molecule has 29 heavy (non-hydrogen) atoms. The predicted molar refractivity (Wildman–Crippen MR) is 112 cm³/mol. The maximum Gasteiger partial charge on any atom is 0.261 e. The van der Waals surface area contributed by atoms with Crippen LogP contribution >= 0.6 is 11.6 Å². The summed E-state index contributed by atoms with van der Waals surface area (Å²) in [6.45, 7) is 2.92. The van der Waals surface area contributed by atoms with Crippen molar-refractivity contribution in [3.63, 3.8) is 0 Å². The Kier molecular flexibility index (Phi) is 6.72. The second-order valence-electron chi connectivity index (χ2n) is 6.62. The second-order valence-corrected chi connectivity index (χ2v) is 10.6. The van der Waals surface area contributed by atoms with Gasteiger partial charge in [-0.05, 0) is 56.2 Å². The number of ether oxygens (including phenoxy) is 1. The molecule has 10 heteroatoms. The van der Waals surface area contributed by atoms with Gasteiger partial charge < -0.3 is 4.74 Å². The molecular formula is C19H23ClN2O5S2. The van der Waals surface area contributed by atoms with E-state index in [-0.39, 0.29) is 32.9 Å². The first-order valence-electron chi connectivity index (χ1n) is 9.29. The summed E-state index contributed by atoms with van der Waals surface area (Å²) < 4.78 is 61.0. The zero-order chi connectivity index (χ0) is 21.1. The number of nitrogens with zero attached hydrogens (tertiary/aromatic N) is 1. The van der Waals surface area contributed by atoms with Gasteiger partial charge in [0.2, 0.25) is 10.0 Å². The quantitative estimate of drug-likeness (QED) is 0.682. The zero-order valence-electron chi connectivity index (χ0n) is 16.0. The third-order valence-electron chi connectivity index (χ3n) is 4.54. The summed E-state index contributed by atoms with van der Waals surface area (Å²) in [5.41, 5.74) is 0.129. The molecule has 1 aliphatic rings. The number of sulfonamides is 2. The van der Waals surface area contributed by atoms with Crippen molar-refractivity contribution in [2.45, 2.75) is 36.0 Å². The summed E-state index contributed by atoms with van der Waals surface area (Å²) in [5.74, 6) is 0.198. The van der Waals surface area contributed by atoms with Gasteiger partial charge in [-0.2, -0.15) is 4.31 Å². The average Bonchev–Trinajstić information content (AvgIpc) is 2.70. The zero-order valence-corrected chi connectivity index (χ0v) is 18.4. The predicted octanol–water partition coefficient (Wildman–Crippen LogP) is 3.71. The van der Waals surface area contributed by atoms with Crippen molar-refractivity contribution in [3.05, 3.63) is 47.5 Å². The maximum absolute atomic E-state index is 13.2. The summed E-state index contributed by atoms with van der Waals surface area (Å²) in [5, 5.41) is 0.285. The summed E-state index contributed by atoms with van der Waals surface area (Å²) in [4.78, 5) is -0.0631. The minimum Gasteiger partial charge on any atom is -0.492 e. The molecule has 0 aromatic heterocycles. The van der Waals surface area contributed by atoms with Gasteiger partial charge in [-0.3, -0.25) is 4.72 Å². The van der Waals surface area contributed by atoms with Crippen LogP contribution in [-0.4, -0.2) is 40.8 Å². The summed E-state index contributed by atoms with van der Waals surface area (Å²) in [6, 6.07) is 10.1. The van der Waals surface area contributed by atoms with Crippen molar-refractivity contribution in [3.8, 4) is 5.75 Å². The molecule has 158 valence electrons. The van der Waals surface area contributed by atoms with Crippen molar-refractivity contribution in [2.24, 2.45) is 0 Å². The fourth-order valence-corrected chi connectivity index (χ4v) is 6.16. The third kappa shape index (κ3) is 5.03. The van der Waals surface area contributed by atoms with Gasteiger partial charge in [0.25, 0.3) is 10.0 Å². The van der Waals surface area contributed by atoms with Crippen LogP contribution in [0.5, 0.6) is 5.75 Å². The molecule has 1 aliphatic heterocycles. The van der Waals surface area contributed by atoms with Crippen LogP contribution in [0, 0.1) is 0 Å². The second kappa shape index (κ2) is 8.91. The summed E-state index contributed by atoms with van der Waals surface area (Å²) in [6.07, 6.45) is 2.58. The molecule has 2 aromatic rings. The van der Waals surface area contributed by atoms with Crippen molar-refractivity contribution in [1.29, 1.82) is 0 Å². The van der Waals surface area contributed by atoms with E-state index in [1.165, 1.54) is 40.7 Å². The average molecular weight is 459 g/mol. The Hall–Kier alpha value is -1.81. The number of rotatable bonds is 7. The summed E-state index contributed by atoms with van der Waals surface area (Å²) >= 11 is 5.89. The highest BCUT2D eigenvalue weighted by Crippen LogP contribution is 2.32. The van der Waals surface area contributed by atoms with Crippen LogP contribution in [0.4, 0.5) is 5.69 Å². The van der Waals surface area contributed by atoms with E-state index in [0.717, 1.165) is 19.3 Å². The Morgan fingerprint density at radius 3 is 2.41 bits per heavy atom. The van der Waals surface area contributed by atoms with Gasteiger partial charge in [0, 0.05) is 18.1 Å². The Bertz CT molecular complexity index is 1080. The number of anilines is 1. The summed E-state index contributed by atoms with van der Waals surface area (Å²) in [7, 11) is -7.74. The molecule has 0 spiro atoms. The number of piperidine rings is 1. The van der Waals surface area contributed by atoms with Gasteiger partial charge in [-0.1, -0.05) is 24.1 Å². The molecule has 1 saturated heterocycles. The SMILES string of the molecule is CCOc1ccc(NS(=O)(=O)c2cccc(Cl)c2)cc1S(=O)(=O)N1CCCCC1. The lowest BCUT2D eigenvalue weighted by Gasteiger charge is -2.27. The van der Waals surface area contributed by atoms with Gasteiger partial charge in [0.1, 0.15) is 10.6 Å². The van der Waals surface area contributed by atoms with Gasteiger partial charge in [-0.25, -0.2) is 16.8 Å². The van der Waals surface area contributed by atoms with E-state index in [0.29, 0.717) is 13.1 Å². The van der Waals surface area contributed by atoms with E-state index < -0.39 is 20.0 Å². The molecule has 0 amide bonds. The lowest BCUT2D eigenvalue weighted by Crippen LogP contribution is -2.35. The van der Waals surface area contributed by atoms with E-state index >= 15 is 0 Å². The number of hydrogen-bond donors (Lipinski definition) is 1. The van der Waals surface area contributed by atoms with E-state index in [1.54, 1.807) is 13.0 Å². The fourth-order valence-electron chi connectivity index (χ4n) is 3.14. The van der Waals surface area contributed by atoms with Gasteiger partial charge >= 0.3 is 0 Å². The molecule has 3 rings (SSSR count). The van der Waals surface area contributed by atoms with E-state index in [9.17, 15) is 16.8 Å². The highest BCUT2D eigenvalue weighted by atomic mass is 35.5. The van der Waals surface area contributed by atoms with Gasteiger partial charge in [-0.15, -0.1) is 0 Å². The maximum atomic E-state index is 13.2. The van der Waals surface area contributed by atoms with Gasteiger partial charge in [0.15, 0.2) is 0 Å². The molecule has 0 aliphatic carbocycles. The Labute approximate surface area is 176 Å². The number of halogens is 1. The van der Waals surface area contributed by atoms with E-state index in [2.05, 4.69) is 4.72 Å². The Balaban J connectivity index is 1.98. The number of benzene rings is 2. The van der Waals surface area contributed by atoms with Gasteiger partial charge in [0.05, 0.1) is 17.2 Å². The lowest BCUT2D eigenvalue weighted by molar-refractivity contribution is 0.323. The first-order chi connectivity index (χ1) is 13.7. The largest absolute Gasteiger partial charge is 0.492 e. The van der Waals surface area contributed by atoms with E-state index in [1.807, 2.05) is 0 Å². The highest BCUT2D eigenvalue weighted by Gasteiger charge is 2.29. The normalized spacial score (nSPS) is 15.8. The van der Waals surface area contributed by atoms with Crippen LogP contribution in [0.15, 0.2) is 52.3 Å². The molecular weight excluding hydrogens is 436 g/mol. The topological polar surface area (TPSA) is 92.8 Å². The molecule has 1 heterocycles. The first-order valence-corrected chi connectivity index (χ1v) is 12.6. The fraction of sp³-hybridized carbons (Fsp3) is 0.368. The van der Waals surface area contributed by atoms with Crippen LogP contribution in [-0.2, 0) is 20.0 Å². The number of hydrogen-bond acceptors (Lipinski definition) is 5. The van der Waals surface area contributed by atoms with E-state index in [4.69, 9.17) is 16.3 Å². The molecule has 0 saturated carbocycles. The molecule has 0 atom stereocenters. The molecule has 1 N–H and O–H groups in total. The monoisotopic (exact) mass is 458 g/mol. The standard InChI is InChI=1S/C19H23ClN2O5S2/c1-2-27-18-10-9-16(21-28(23,24)17-8-6-7-15(20)13-17)14-19(18)29(25,26)22-11-4-3-5-12-22/h6-10,13-14,21H,2-5,11-12H2,1H3. The molecule has 0 unspecified atom stereocenters. The van der Waals surface area contributed by atoms with Crippen molar-refractivity contribution < 1.29 is 21.6 Å². The smallest absolute Gasteiger partial charge is 0.261 e. The van der Waals surface area contributed by atoms with Crippen LogP contribution < -0.4 is 9.46 Å². The van der Waals surface area contributed by atoms with Crippen molar-refractivity contribution in [2.75, 3.05) is 24.4 Å². The van der Waals surface area contributed by atoms with Crippen LogP contribution in [0.1, 0.15) is 26.2 Å². The van der Waals surface area contributed by atoms with Crippen LogP contribution in [0.25, 0.3) is 0 Å². The minimum atomic E-state index is -3.93. The van der Waals surface area contributed by atoms with Crippen LogP contribution in [0.3, 0.4) is 0 Å². The van der Waals surface area contributed by atoms with Crippen LogP contribution in [0.2, 0.25) is 5.02 Å². The molecule has 2 aromatic carbocycles. The third-order valence-corrected chi connectivity index (χ3v) is 8.07. The molecule has 1 fully saturated rings. The van der Waals surface area contributed by atoms with Crippen molar-refractivity contribution >= 4 is 37.3 Å².